The summed E-state index contributed by atoms with van der Waals surface area (Å²) in [6.45, 7) is 1.69. The minimum atomic E-state index is -0.723. The highest BCUT2D eigenvalue weighted by Crippen LogP contribution is 2.30. The fourth-order valence-electron chi connectivity index (χ4n) is 3.27. The van der Waals surface area contributed by atoms with Gasteiger partial charge in [0.05, 0.1) is 14.2 Å². The second kappa shape index (κ2) is 8.75. The van der Waals surface area contributed by atoms with E-state index in [2.05, 4.69) is 20.6 Å². The number of carbonyl (C=O) groups is 1. The van der Waals surface area contributed by atoms with Gasteiger partial charge in [-0.15, -0.1) is 0 Å². The molecule has 1 aliphatic heterocycles. The Hall–Kier alpha value is -3.07. The molecular formula is C19H24N4O5. The van der Waals surface area contributed by atoms with E-state index in [4.69, 9.17) is 9.47 Å². The second-order valence-corrected chi connectivity index (χ2v) is 6.53. The largest absolute Gasteiger partial charge is 0.501 e. The van der Waals surface area contributed by atoms with Gasteiger partial charge in [-0.2, -0.15) is 0 Å². The summed E-state index contributed by atoms with van der Waals surface area (Å²) in [6, 6.07) is 5.31. The zero-order valence-corrected chi connectivity index (χ0v) is 15.9. The average molecular weight is 388 g/mol. The standard InChI is InChI=1S/C19H24N4O5/c1-27-13-7-3-5-11(16(13)28-2)10-21-18(25)14-15(24)19(26)23-17(22-14)12-6-4-8-20-9-12/h3,5,7,12,20,24H,4,6,8-10H2,1-2H3,(H,21,25)(H,22,23,26). The number of carbonyl (C=O) groups excluding carboxylic acids is 1. The topological polar surface area (TPSA) is 126 Å². The number of para-hydroxylation sites is 1. The first-order valence-corrected chi connectivity index (χ1v) is 9.07. The summed E-state index contributed by atoms with van der Waals surface area (Å²) in [7, 11) is 3.04. The van der Waals surface area contributed by atoms with Crippen LogP contribution in [-0.4, -0.2) is 48.3 Å². The number of nitrogens with zero attached hydrogens (tertiary/aromatic N) is 1. The van der Waals surface area contributed by atoms with Gasteiger partial charge in [0.25, 0.3) is 11.5 Å². The zero-order chi connectivity index (χ0) is 20.1. The monoisotopic (exact) mass is 388 g/mol. The van der Waals surface area contributed by atoms with Gasteiger partial charge in [0.15, 0.2) is 17.2 Å². The Balaban J connectivity index is 1.81. The average Bonchev–Trinajstić information content (AvgIpc) is 2.73. The lowest BCUT2D eigenvalue weighted by Gasteiger charge is -2.22. The van der Waals surface area contributed by atoms with E-state index < -0.39 is 17.2 Å². The van der Waals surface area contributed by atoms with Crippen molar-refractivity contribution in [3.63, 3.8) is 0 Å². The van der Waals surface area contributed by atoms with Crippen LogP contribution in [0.1, 0.15) is 40.6 Å². The molecule has 1 amide bonds. The van der Waals surface area contributed by atoms with Crippen LogP contribution in [0.5, 0.6) is 17.2 Å². The van der Waals surface area contributed by atoms with Crippen molar-refractivity contribution in [3.05, 3.63) is 45.6 Å². The third kappa shape index (κ3) is 4.09. The van der Waals surface area contributed by atoms with Gasteiger partial charge in [0.1, 0.15) is 5.82 Å². The Morgan fingerprint density at radius 2 is 2.18 bits per heavy atom. The Morgan fingerprint density at radius 3 is 2.86 bits per heavy atom. The quantitative estimate of drug-likeness (QED) is 0.579. The zero-order valence-electron chi connectivity index (χ0n) is 15.9. The normalized spacial score (nSPS) is 16.4. The Bertz CT molecular complexity index is 906. The molecule has 1 aromatic carbocycles. The first-order chi connectivity index (χ1) is 13.5. The molecule has 1 aliphatic rings. The van der Waals surface area contributed by atoms with Crippen LogP contribution in [0.15, 0.2) is 23.0 Å². The SMILES string of the molecule is COc1cccc(CNC(=O)c2nc(C3CCCNC3)[nH]c(=O)c2O)c1OC. The van der Waals surface area contributed by atoms with Crippen molar-refractivity contribution < 1.29 is 19.4 Å². The van der Waals surface area contributed by atoms with Gasteiger partial charge in [-0.1, -0.05) is 12.1 Å². The van der Waals surface area contributed by atoms with Crippen LogP contribution in [-0.2, 0) is 6.54 Å². The Morgan fingerprint density at radius 1 is 1.36 bits per heavy atom. The van der Waals surface area contributed by atoms with E-state index in [1.165, 1.54) is 14.2 Å². The number of aromatic amines is 1. The molecule has 1 saturated heterocycles. The van der Waals surface area contributed by atoms with Crippen LogP contribution in [0.3, 0.4) is 0 Å². The highest BCUT2D eigenvalue weighted by Gasteiger charge is 2.23. The molecule has 0 spiro atoms. The first kappa shape index (κ1) is 19.7. The van der Waals surface area contributed by atoms with Crippen LogP contribution in [0.4, 0.5) is 0 Å². The molecule has 2 heterocycles. The van der Waals surface area contributed by atoms with Crippen LogP contribution < -0.4 is 25.7 Å². The van der Waals surface area contributed by atoms with Crippen LogP contribution in [0.25, 0.3) is 0 Å². The molecule has 1 aromatic heterocycles. The number of hydrogen-bond acceptors (Lipinski definition) is 7. The van der Waals surface area contributed by atoms with Gasteiger partial charge in [0, 0.05) is 24.6 Å². The number of aromatic nitrogens is 2. The van der Waals surface area contributed by atoms with E-state index in [0.717, 1.165) is 19.4 Å². The van der Waals surface area contributed by atoms with Gasteiger partial charge in [-0.05, 0) is 25.5 Å². The van der Waals surface area contributed by atoms with Crippen molar-refractivity contribution in [2.24, 2.45) is 0 Å². The maximum Gasteiger partial charge on any atom is 0.293 e. The molecule has 0 bridgehead atoms. The molecule has 0 aliphatic carbocycles. The predicted molar refractivity (Wildman–Crippen MR) is 102 cm³/mol. The third-order valence-electron chi connectivity index (χ3n) is 4.74. The molecule has 9 nitrogen and oxygen atoms in total. The minimum Gasteiger partial charge on any atom is -0.501 e. The van der Waals surface area contributed by atoms with Crippen molar-refractivity contribution in [3.8, 4) is 17.2 Å². The highest BCUT2D eigenvalue weighted by atomic mass is 16.5. The number of H-pyrrole nitrogens is 1. The Labute approximate surface area is 162 Å². The maximum atomic E-state index is 12.6. The van der Waals surface area contributed by atoms with Crippen LogP contribution in [0, 0.1) is 0 Å². The first-order valence-electron chi connectivity index (χ1n) is 9.07. The van der Waals surface area contributed by atoms with E-state index in [-0.39, 0.29) is 18.2 Å². The number of piperidine rings is 1. The molecule has 9 heteroatoms. The maximum absolute atomic E-state index is 12.6. The number of amides is 1. The lowest BCUT2D eigenvalue weighted by molar-refractivity contribution is 0.0941. The summed E-state index contributed by atoms with van der Waals surface area (Å²) in [5.41, 5.74) is -0.317. The lowest BCUT2D eigenvalue weighted by Crippen LogP contribution is -2.32. The van der Waals surface area contributed by atoms with E-state index in [9.17, 15) is 14.7 Å². The van der Waals surface area contributed by atoms with Crippen molar-refractivity contribution in [1.29, 1.82) is 0 Å². The number of aromatic hydroxyl groups is 1. The molecule has 1 unspecified atom stereocenters. The van der Waals surface area contributed by atoms with E-state index in [1.807, 2.05) is 0 Å². The molecule has 28 heavy (non-hydrogen) atoms. The van der Waals surface area contributed by atoms with E-state index >= 15 is 0 Å². The summed E-state index contributed by atoms with van der Waals surface area (Å²) >= 11 is 0. The van der Waals surface area contributed by atoms with Crippen molar-refractivity contribution in [2.45, 2.75) is 25.3 Å². The molecule has 2 aromatic rings. The molecule has 4 N–H and O–H groups in total. The van der Waals surface area contributed by atoms with E-state index in [1.54, 1.807) is 18.2 Å². The fourth-order valence-corrected chi connectivity index (χ4v) is 3.27. The summed E-state index contributed by atoms with van der Waals surface area (Å²) < 4.78 is 10.6. The second-order valence-electron chi connectivity index (χ2n) is 6.53. The van der Waals surface area contributed by atoms with Crippen LogP contribution in [0.2, 0.25) is 0 Å². The number of benzene rings is 1. The van der Waals surface area contributed by atoms with Crippen LogP contribution >= 0.6 is 0 Å². The molecule has 150 valence electrons. The number of rotatable bonds is 6. The van der Waals surface area contributed by atoms with Gasteiger partial charge < -0.3 is 30.2 Å². The summed E-state index contributed by atoms with van der Waals surface area (Å²) in [5.74, 6) is 0.105. The molecule has 1 atom stereocenters. The molecular weight excluding hydrogens is 364 g/mol. The lowest BCUT2D eigenvalue weighted by atomic mass is 9.99. The number of hydrogen-bond donors (Lipinski definition) is 4. The Kier molecular flexibility index (Phi) is 6.15. The minimum absolute atomic E-state index is 0.00733. The van der Waals surface area contributed by atoms with Crippen molar-refractivity contribution >= 4 is 5.91 Å². The third-order valence-corrected chi connectivity index (χ3v) is 4.74. The summed E-state index contributed by atoms with van der Waals surface area (Å²) in [6.07, 6.45) is 1.80. The predicted octanol–water partition coefficient (Wildman–Crippen LogP) is 0.890. The van der Waals surface area contributed by atoms with Gasteiger partial charge >= 0.3 is 0 Å². The van der Waals surface area contributed by atoms with Gasteiger partial charge in [-0.25, -0.2) is 4.98 Å². The smallest absolute Gasteiger partial charge is 0.293 e. The van der Waals surface area contributed by atoms with Gasteiger partial charge in [0.2, 0.25) is 5.75 Å². The molecule has 1 fully saturated rings. The highest BCUT2D eigenvalue weighted by molar-refractivity contribution is 5.94. The van der Waals surface area contributed by atoms with Gasteiger partial charge in [-0.3, -0.25) is 9.59 Å². The van der Waals surface area contributed by atoms with E-state index in [0.29, 0.717) is 29.4 Å². The molecule has 0 radical (unpaired) electrons. The molecule has 3 rings (SSSR count). The molecule has 0 saturated carbocycles. The number of ether oxygens (including phenoxy) is 2. The fraction of sp³-hybridized carbons (Fsp3) is 0.421. The summed E-state index contributed by atoms with van der Waals surface area (Å²) in [4.78, 5) is 31.5. The van der Waals surface area contributed by atoms with Crippen molar-refractivity contribution in [1.82, 2.24) is 20.6 Å². The summed E-state index contributed by atoms with van der Waals surface area (Å²) in [5, 5.41) is 16.0. The number of nitrogens with one attached hydrogen (secondary N) is 3. The van der Waals surface area contributed by atoms with Crippen molar-refractivity contribution in [2.75, 3.05) is 27.3 Å². The number of methoxy groups -OCH3 is 2.